The van der Waals surface area contributed by atoms with E-state index in [1.165, 1.54) is 5.56 Å². The van der Waals surface area contributed by atoms with Crippen LogP contribution in [0.15, 0.2) is 73.1 Å². The van der Waals surface area contributed by atoms with Gasteiger partial charge in [0.05, 0.1) is 5.56 Å². The normalized spacial score (nSPS) is 17.8. The van der Waals surface area contributed by atoms with Crippen molar-refractivity contribution in [1.29, 1.82) is 0 Å². The van der Waals surface area contributed by atoms with Crippen molar-refractivity contribution in [3.8, 4) is 0 Å². The first-order valence-electron chi connectivity index (χ1n) is 12.3. The predicted molar refractivity (Wildman–Crippen MR) is 141 cm³/mol. The molecule has 2 aromatic carbocycles. The molecule has 1 aliphatic rings. The Labute approximate surface area is 206 Å². The molecule has 7 nitrogen and oxygen atoms in total. The average molecular weight is 469 g/mol. The maximum absolute atomic E-state index is 13.3. The first kappa shape index (κ1) is 22.9. The molecule has 180 valence electrons. The van der Waals surface area contributed by atoms with E-state index in [1.807, 2.05) is 67.7 Å². The third-order valence-corrected chi connectivity index (χ3v) is 6.72. The molecule has 5 rings (SSSR count). The minimum absolute atomic E-state index is 0.00596. The molecular formula is C28H32N6O. The number of amides is 1. The Balaban J connectivity index is 1.22. The van der Waals surface area contributed by atoms with E-state index in [-0.39, 0.29) is 11.9 Å². The van der Waals surface area contributed by atoms with E-state index < -0.39 is 0 Å². The van der Waals surface area contributed by atoms with Crippen LogP contribution in [-0.4, -0.2) is 46.6 Å². The molecule has 2 heterocycles. The number of fused-ring (bicyclic) bond motifs is 1. The molecule has 1 fully saturated rings. The Morgan fingerprint density at radius 2 is 1.69 bits per heavy atom. The molecule has 0 unspecified atom stereocenters. The van der Waals surface area contributed by atoms with Crippen molar-refractivity contribution in [2.45, 2.75) is 44.3 Å². The molecule has 2 N–H and O–H groups in total. The number of hydrogen-bond donors (Lipinski definition) is 2. The van der Waals surface area contributed by atoms with Crippen molar-refractivity contribution in [3.05, 3.63) is 84.2 Å². The number of nitrogens with zero attached hydrogens (tertiary/aromatic N) is 4. The fraction of sp³-hybridized carbons (Fsp3) is 0.321. The zero-order valence-electron chi connectivity index (χ0n) is 20.3. The summed E-state index contributed by atoms with van der Waals surface area (Å²) in [5, 5.41) is 7.76. The number of carbonyl (C=O) groups is 1. The summed E-state index contributed by atoms with van der Waals surface area (Å²) in [6.45, 7) is 0.739. The van der Waals surface area contributed by atoms with Gasteiger partial charge in [0, 0.05) is 56.0 Å². The summed E-state index contributed by atoms with van der Waals surface area (Å²) in [6, 6.07) is 20.9. The van der Waals surface area contributed by atoms with Gasteiger partial charge in [-0.3, -0.25) is 4.79 Å². The van der Waals surface area contributed by atoms with Crippen LogP contribution in [0.1, 0.15) is 41.6 Å². The van der Waals surface area contributed by atoms with Gasteiger partial charge >= 0.3 is 0 Å². The van der Waals surface area contributed by atoms with Crippen LogP contribution < -0.4 is 15.5 Å². The van der Waals surface area contributed by atoms with Gasteiger partial charge in [0.2, 0.25) is 5.95 Å². The first-order chi connectivity index (χ1) is 17.1. The summed E-state index contributed by atoms with van der Waals surface area (Å²) in [5.74, 6) is 1.55. The number of anilines is 2. The molecule has 7 heteroatoms. The van der Waals surface area contributed by atoms with Crippen LogP contribution in [0.5, 0.6) is 0 Å². The zero-order chi connectivity index (χ0) is 24.2. The standard InChI is InChI=1S/C28H32N6O/c1-33(2)26-16-17-29-28(32-26)31-22-14-12-21(13-15-22)30-27(35)24-19-34(18-20-8-4-3-5-9-20)25-11-7-6-10-23(24)25/h3-11,16-17,19,21-22H,12-15,18H2,1-2H3,(H,30,35)(H,29,31,32). The van der Waals surface area contributed by atoms with Gasteiger partial charge in [-0.2, -0.15) is 4.98 Å². The maximum Gasteiger partial charge on any atom is 0.253 e. The molecular weight excluding hydrogens is 436 g/mol. The number of nitrogens with one attached hydrogen (secondary N) is 2. The van der Waals surface area contributed by atoms with Crippen LogP contribution in [0, 0.1) is 0 Å². The third-order valence-electron chi connectivity index (χ3n) is 6.72. The largest absolute Gasteiger partial charge is 0.363 e. The van der Waals surface area contributed by atoms with Crippen LogP contribution in [0.2, 0.25) is 0 Å². The quantitative estimate of drug-likeness (QED) is 0.411. The van der Waals surface area contributed by atoms with Gasteiger partial charge in [0.1, 0.15) is 5.82 Å². The highest BCUT2D eigenvalue weighted by Crippen LogP contribution is 2.25. The molecule has 1 amide bonds. The Bertz CT molecular complexity index is 1290. The van der Waals surface area contributed by atoms with E-state index in [2.05, 4.69) is 43.4 Å². The monoisotopic (exact) mass is 468 g/mol. The van der Waals surface area contributed by atoms with Crippen molar-refractivity contribution < 1.29 is 4.79 Å². The van der Waals surface area contributed by atoms with E-state index in [0.717, 1.165) is 54.5 Å². The lowest BCUT2D eigenvalue weighted by Crippen LogP contribution is -2.40. The summed E-state index contributed by atoms with van der Waals surface area (Å²) in [5.41, 5.74) is 3.03. The Morgan fingerprint density at radius 3 is 2.46 bits per heavy atom. The second kappa shape index (κ2) is 10.2. The molecule has 4 aromatic rings. The highest BCUT2D eigenvalue weighted by Gasteiger charge is 2.24. The van der Waals surface area contributed by atoms with Crippen molar-refractivity contribution in [1.82, 2.24) is 19.9 Å². The highest BCUT2D eigenvalue weighted by molar-refractivity contribution is 6.07. The Hall–Kier alpha value is -3.87. The minimum atomic E-state index is 0.00596. The van der Waals surface area contributed by atoms with Crippen LogP contribution >= 0.6 is 0 Å². The predicted octanol–water partition coefficient (Wildman–Crippen LogP) is 4.70. The smallest absolute Gasteiger partial charge is 0.253 e. The second-order valence-electron chi connectivity index (χ2n) is 9.47. The van der Waals surface area contributed by atoms with Crippen LogP contribution in [-0.2, 0) is 6.54 Å². The molecule has 0 spiro atoms. The summed E-state index contributed by atoms with van der Waals surface area (Å²) in [4.78, 5) is 24.2. The van der Waals surface area contributed by atoms with Gasteiger partial charge in [-0.1, -0.05) is 48.5 Å². The lowest BCUT2D eigenvalue weighted by Gasteiger charge is -2.29. The SMILES string of the molecule is CN(C)c1ccnc(NC2CCC(NC(=O)c3cn(Cc4ccccc4)c4ccccc34)CC2)n1. The molecule has 0 radical (unpaired) electrons. The van der Waals surface area contributed by atoms with Crippen LogP contribution in [0.3, 0.4) is 0 Å². The Morgan fingerprint density at radius 1 is 0.971 bits per heavy atom. The van der Waals surface area contributed by atoms with E-state index in [0.29, 0.717) is 12.0 Å². The Kier molecular flexibility index (Phi) is 6.66. The summed E-state index contributed by atoms with van der Waals surface area (Å²) >= 11 is 0. The lowest BCUT2D eigenvalue weighted by atomic mass is 9.91. The molecule has 1 aliphatic carbocycles. The number of rotatable bonds is 7. The van der Waals surface area contributed by atoms with E-state index >= 15 is 0 Å². The first-order valence-corrected chi connectivity index (χ1v) is 12.3. The van der Waals surface area contributed by atoms with Gasteiger partial charge < -0.3 is 20.1 Å². The summed E-state index contributed by atoms with van der Waals surface area (Å²) < 4.78 is 2.17. The van der Waals surface area contributed by atoms with Crippen molar-refractivity contribution in [2.75, 3.05) is 24.3 Å². The fourth-order valence-electron chi connectivity index (χ4n) is 4.83. The van der Waals surface area contributed by atoms with E-state index in [9.17, 15) is 4.79 Å². The lowest BCUT2D eigenvalue weighted by molar-refractivity contribution is 0.0928. The van der Waals surface area contributed by atoms with Crippen molar-refractivity contribution in [2.24, 2.45) is 0 Å². The van der Waals surface area contributed by atoms with E-state index in [4.69, 9.17) is 0 Å². The van der Waals surface area contributed by atoms with Crippen LogP contribution in [0.25, 0.3) is 10.9 Å². The van der Waals surface area contributed by atoms with Crippen molar-refractivity contribution in [3.63, 3.8) is 0 Å². The van der Waals surface area contributed by atoms with Gasteiger partial charge in [-0.05, 0) is 43.4 Å². The number of hydrogen-bond acceptors (Lipinski definition) is 5. The maximum atomic E-state index is 13.3. The topological polar surface area (TPSA) is 75.1 Å². The minimum Gasteiger partial charge on any atom is -0.363 e. The number of carbonyl (C=O) groups excluding carboxylic acids is 1. The number of benzene rings is 2. The van der Waals surface area contributed by atoms with Gasteiger partial charge in [-0.25, -0.2) is 4.98 Å². The molecule has 1 saturated carbocycles. The summed E-state index contributed by atoms with van der Waals surface area (Å²) in [6.07, 6.45) is 7.57. The average Bonchev–Trinajstić information content (AvgIpc) is 3.24. The molecule has 0 saturated heterocycles. The molecule has 35 heavy (non-hydrogen) atoms. The van der Waals surface area contributed by atoms with Gasteiger partial charge in [0.15, 0.2) is 0 Å². The number of aromatic nitrogens is 3. The van der Waals surface area contributed by atoms with Gasteiger partial charge in [0.25, 0.3) is 5.91 Å². The fourth-order valence-corrected chi connectivity index (χ4v) is 4.83. The summed E-state index contributed by atoms with van der Waals surface area (Å²) in [7, 11) is 3.94. The molecule has 0 atom stereocenters. The van der Waals surface area contributed by atoms with E-state index in [1.54, 1.807) is 6.20 Å². The highest BCUT2D eigenvalue weighted by atomic mass is 16.1. The van der Waals surface area contributed by atoms with Crippen LogP contribution in [0.4, 0.5) is 11.8 Å². The molecule has 0 aliphatic heterocycles. The second-order valence-corrected chi connectivity index (χ2v) is 9.47. The zero-order valence-corrected chi connectivity index (χ0v) is 20.3. The third kappa shape index (κ3) is 5.29. The molecule has 2 aromatic heterocycles. The van der Waals surface area contributed by atoms with Gasteiger partial charge in [-0.15, -0.1) is 0 Å². The van der Waals surface area contributed by atoms with Crippen molar-refractivity contribution >= 4 is 28.6 Å². The number of para-hydroxylation sites is 1. The molecule has 0 bridgehead atoms.